The van der Waals surface area contributed by atoms with Gasteiger partial charge in [-0.1, -0.05) is 11.6 Å². The van der Waals surface area contributed by atoms with Crippen molar-refractivity contribution in [1.82, 2.24) is 0 Å². The monoisotopic (exact) mass is 243 g/mol. The lowest BCUT2D eigenvalue weighted by molar-refractivity contribution is 0.0601. The Kier molecular flexibility index (Phi) is 4.01. The normalized spacial score (nSPS) is 10.3. The number of halogens is 1. The number of esters is 1. The Balaban J connectivity index is 3.11. The molecule has 0 aliphatic carbocycles. The van der Waals surface area contributed by atoms with Crippen LogP contribution in [0.3, 0.4) is 0 Å². The number of carbonyl (C=O) groups excluding carboxylic acids is 1. The molecule has 0 saturated carbocycles. The average Bonchev–Trinajstić information content (AvgIpc) is 2.21. The molecule has 0 spiro atoms. The molecule has 0 aromatic heterocycles. The molecule has 1 aromatic carbocycles. The van der Waals surface area contributed by atoms with Crippen LogP contribution < -0.4 is 10.5 Å². The molecule has 0 atom stereocenters. The standard InChI is InChI=1S/C11H14ClNO3/c1-6(2)16-10-5-8(12)7(4-9(10)13)11(14)15-3/h4-6H,13H2,1-3H3. The van der Waals surface area contributed by atoms with E-state index < -0.39 is 5.97 Å². The molecule has 1 aromatic rings. The van der Waals surface area contributed by atoms with Crippen LogP contribution in [0.25, 0.3) is 0 Å². The zero-order chi connectivity index (χ0) is 12.3. The summed E-state index contributed by atoms with van der Waals surface area (Å²) in [5.41, 5.74) is 6.33. The summed E-state index contributed by atoms with van der Waals surface area (Å²) in [7, 11) is 1.29. The Morgan fingerprint density at radius 2 is 2.06 bits per heavy atom. The zero-order valence-electron chi connectivity index (χ0n) is 9.41. The lowest BCUT2D eigenvalue weighted by atomic mass is 10.2. The Labute approximate surface area is 99.3 Å². The predicted molar refractivity (Wildman–Crippen MR) is 63.0 cm³/mol. The van der Waals surface area contributed by atoms with Crippen molar-refractivity contribution >= 4 is 23.3 Å². The molecule has 0 aliphatic heterocycles. The average molecular weight is 244 g/mol. The molecule has 1 rings (SSSR count). The molecule has 0 heterocycles. The summed E-state index contributed by atoms with van der Waals surface area (Å²) in [6.45, 7) is 3.75. The molecule has 0 unspecified atom stereocenters. The minimum Gasteiger partial charge on any atom is -0.489 e. The second kappa shape index (κ2) is 5.07. The Bertz CT molecular complexity index is 404. The van der Waals surface area contributed by atoms with E-state index in [1.807, 2.05) is 13.8 Å². The van der Waals surface area contributed by atoms with Gasteiger partial charge in [-0.05, 0) is 19.9 Å². The Hall–Kier alpha value is -1.42. The molecular formula is C11H14ClNO3. The second-order valence-corrected chi connectivity index (χ2v) is 3.94. The van der Waals surface area contributed by atoms with Crippen molar-refractivity contribution in [3.05, 3.63) is 22.7 Å². The van der Waals surface area contributed by atoms with Crippen LogP contribution in [0, 0.1) is 0 Å². The van der Waals surface area contributed by atoms with Gasteiger partial charge in [0.1, 0.15) is 5.75 Å². The number of anilines is 1. The molecule has 0 amide bonds. The van der Waals surface area contributed by atoms with Crippen molar-refractivity contribution in [3.8, 4) is 5.75 Å². The van der Waals surface area contributed by atoms with Crippen molar-refractivity contribution in [1.29, 1.82) is 0 Å². The van der Waals surface area contributed by atoms with E-state index >= 15 is 0 Å². The third-order valence-corrected chi connectivity index (χ3v) is 2.18. The van der Waals surface area contributed by atoms with Gasteiger partial charge in [0, 0.05) is 6.07 Å². The number of benzene rings is 1. The molecule has 2 N–H and O–H groups in total. The molecule has 0 fully saturated rings. The van der Waals surface area contributed by atoms with Crippen LogP contribution in [0.5, 0.6) is 5.75 Å². The lowest BCUT2D eigenvalue weighted by Gasteiger charge is -2.13. The molecule has 0 aliphatic rings. The number of ether oxygens (including phenoxy) is 2. The fourth-order valence-corrected chi connectivity index (χ4v) is 1.42. The maximum absolute atomic E-state index is 11.3. The van der Waals surface area contributed by atoms with Gasteiger partial charge in [-0.2, -0.15) is 0 Å². The number of carbonyl (C=O) groups is 1. The zero-order valence-corrected chi connectivity index (χ0v) is 10.2. The quantitative estimate of drug-likeness (QED) is 0.655. The minimum atomic E-state index is -0.521. The number of nitrogen functional groups attached to an aromatic ring is 1. The molecule has 5 heteroatoms. The number of hydrogen-bond acceptors (Lipinski definition) is 4. The SMILES string of the molecule is COC(=O)c1cc(N)c(OC(C)C)cc1Cl. The third kappa shape index (κ3) is 2.79. The van der Waals surface area contributed by atoms with Crippen LogP contribution in [-0.4, -0.2) is 19.2 Å². The van der Waals surface area contributed by atoms with Gasteiger partial charge in [0.15, 0.2) is 0 Å². The van der Waals surface area contributed by atoms with Crippen LogP contribution in [0.1, 0.15) is 24.2 Å². The third-order valence-electron chi connectivity index (χ3n) is 1.87. The van der Waals surface area contributed by atoms with Gasteiger partial charge in [-0.25, -0.2) is 4.79 Å². The van der Waals surface area contributed by atoms with E-state index in [1.54, 1.807) is 0 Å². The van der Waals surface area contributed by atoms with Gasteiger partial charge in [-0.15, -0.1) is 0 Å². The van der Waals surface area contributed by atoms with Crippen LogP contribution >= 0.6 is 11.6 Å². The largest absolute Gasteiger partial charge is 0.489 e. The topological polar surface area (TPSA) is 61.5 Å². The summed E-state index contributed by atoms with van der Waals surface area (Å²) in [6.07, 6.45) is -0.0117. The van der Waals surface area contributed by atoms with Crippen molar-refractivity contribution in [3.63, 3.8) is 0 Å². The number of hydrogen-bond donors (Lipinski definition) is 1. The summed E-state index contributed by atoms with van der Waals surface area (Å²) in [5.74, 6) is -0.0551. The Morgan fingerprint density at radius 1 is 1.44 bits per heavy atom. The highest BCUT2D eigenvalue weighted by Crippen LogP contribution is 2.30. The highest BCUT2D eigenvalue weighted by molar-refractivity contribution is 6.33. The predicted octanol–water partition coefficient (Wildman–Crippen LogP) is 2.50. The van der Waals surface area contributed by atoms with Gasteiger partial charge in [0.2, 0.25) is 0 Å². The minimum absolute atomic E-state index is 0.0117. The highest BCUT2D eigenvalue weighted by atomic mass is 35.5. The summed E-state index contributed by atoms with van der Waals surface area (Å²) >= 11 is 5.92. The fourth-order valence-electron chi connectivity index (χ4n) is 1.19. The Morgan fingerprint density at radius 3 is 2.56 bits per heavy atom. The second-order valence-electron chi connectivity index (χ2n) is 3.53. The number of methoxy groups -OCH3 is 1. The van der Waals surface area contributed by atoms with Gasteiger partial charge in [0.25, 0.3) is 0 Å². The van der Waals surface area contributed by atoms with Gasteiger partial charge < -0.3 is 15.2 Å². The maximum Gasteiger partial charge on any atom is 0.339 e. The first-order chi connectivity index (χ1) is 7.45. The maximum atomic E-state index is 11.3. The van der Waals surface area contributed by atoms with Gasteiger partial charge in [-0.3, -0.25) is 0 Å². The van der Waals surface area contributed by atoms with Gasteiger partial charge >= 0.3 is 5.97 Å². The summed E-state index contributed by atoms with van der Waals surface area (Å²) in [4.78, 5) is 11.3. The smallest absolute Gasteiger partial charge is 0.339 e. The van der Waals surface area contributed by atoms with Crippen molar-refractivity contribution in [2.45, 2.75) is 20.0 Å². The first-order valence-corrected chi connectivity index (χ1v) is 5.17. The van der Waals surface area contributed by atoms with Crippen molar-refractivity contribution in [2.24, 2.45) is 0 Å². The van der Waals surface area contributed by atoms with E-state index in [-0.39, 0.29) is 16.7 Å². The van der Waals surface area contributed by atoms with E-state index in [1.165, 1.54) is 19.2 Å². The van der Waals surface area contributed by atoms with Gasteiger partial charge in [0.05, 0.1) is 29.5 Å². The molecular weight excluding hydrogens is 230 g/mol. The first-order valence-electron chi connectivity index (χ1n) is 4.79. The molecule has 88 valence electrons. The first kappa shape index (κ1) is 12.6. The summed E-state index contributed by atoms with van der Waals surface area (Å²) in [6, 6.07) is 2.97. The molecule has 0 saturated heterocycles. The van der Waals surface area contributed by atoms with Crippen molar-refractivity contribution < 1.29 is 14.3 Å². The van der Waals surface area contributed by atoms with Crippen LogP contribution in [0.15, 0.2) is 12.1 Å². The van der Waals surface area contributed by atoms with E-state index in [9.17, 15) is 4.79 Å². The van der Waals surface area contributed by atoms with Crippen molar-refractivity contribution in [2.75, 3.05) is 12.8 Å². The summed E-state index contributed by atoms with van der Waals surface area (Å²) in [5, 5.41) is 0.261. The van der Waals surface area contributed by atoms with E-state index in [4.69, 9.17) is 22.1 Å². The molecule has 0 bridgehead atoms. The van der Waals surface area contributed by atoms with Crippen LogP contribution in [0.4, 0.5) is 5.69 Å². The number of nitrogens with two attached hydrogens (primary N) is 1. The fraction of sp³-hybridized carbons (Fsp3) is 0.364. The number of rotatable bonds is 3. The van der Waals surface area contributed by atoms with Crippen LogP contribution in [0.2, 0.25) is 5.02 Å². The molecule has 0 radical (unpaired) electrons. The molecule has 4 nitrogen and oxygen atoms in total. The van der Waals surface area contributed by atoms with E-state index in [0.29, 0.717) is 11.4 Å². The summed E-state index contributed by atoms with van der Waals surface area (Å²) < 4.78 is 10.0. The highest BCUT2D eigenvalue weighted by Gasteiger charge is 2.15. The lowest BCUT2D eigenvalue weighted by Crippen LogP contribution is -2.09. The van der Waals surface area contributed by atoms with E-state index in [2.05, 4.69) is 4.74 Å². The van der Waals surface area contributed by atoms with E-state index in [0.717, 1.165) is 0 Å². The molecule has 16 heavy (non-hydrogen) atoms. The van der Waals surface area contributed by atoms with Crippen LogP contribution in [-0.2, 0) is 4.74 Å².